The van der Waals surface area contributed by atoms with E-state index in [9.17, 15) is 13.2 Å². The Morgan fingerprint density at radius 3 is 2.47 bits per heavy atom. The third-order valence-corrected chi connectivity index (χ3v) is 6.94. The third kappa shape index (κ3) is 5.78. The summed E-state index contributed by atoms with van der Waals surface area (Å²) in [6.07, 6.45) is 7.81. The molecule has 0 saturated heterocycles. The highest BCUT2D eigenvalue weighted by Gasteiger charge is 2.21. The van der Waals surface area contributed by atoms with Crippen molar-refractivity contribution in [2.75, 3.05) is 17.1 Å². The van der Waals surface area contributed by atoms with Gasteiger partial charge in [-0.05, 0) is 55.5 Å². The summed E-state index contributed by atoms with van der Waals surface area (Å²) in [5.74, 6) is -0.147. The van der Waals surface area contributed by atoms with Crippen LogP contribution in [0.3, 0.4) is 0 Å². The van der Waals surface area contributed by atoms with Crippen LogP contribution in [0.5, 0.6) is 0 Å². The molecule has 5 nitrogen and oxygen atoms in total. The molecule has 8 heteroatoms. The molecule has 1 aliphatic carbocycles. The lowest BCUT2D eigenvalue weighted by atomic mass is 9.99. The normalized spacial score (nSPS) is 14.2. The molecule has 0 radical (unpaired) electrons. The van der Waals surface area contributed by atoms with Gasteiger partial charge in [0.05, 0.1) is 28.5 Å². The molecule has 1 amide bonds. The largest absolute Gasteiger partial charge is 0.348 e. The molecule has 2 aromatic rings. The molecule has 0 bridgehead atoms. The summed E-state index contributed by atoms with van der Waals surface area (Å²) in [5.41, 5.74) is 2.84. The molecular formula is C22H24Cl2N2O3S. The number of allylic oxidation sites excluding steroid dienone is 1. The first-order valence-electron chi connectivity index (χ1n) is 9.72. The topological polar surface area (TPSA) is 66.5 Å². The molecule has 160 valence electrons. The van der Waals surface area contributed by atoms with Crippen LogP contribution in [0.25, 0.3) is 0 Å². The lowest BCUT2D eigenvalue weighted by Gasteiger charge is -2.24. The molecule has 0 atom stereocenters. The second kappa shape index (κ2) is 9.86. The van der Waals surface area contributed by atoms with Crippen molar-refractivity contribution >= 4 is 44.8 Å². The van der Waals surface area contributed by atoms with E-state index in [4.69, 9.17) is 23.2 Å². The average Bonchev–Trinajstić information content (AvgIpc) is 2.73. The zero-order chi connectivity index (χ0) is 21.7. The molecule has 0 aromatic heterocycles. The second-order valence-electron chi connectivity index (χ2n) is 7.33. The maximum atomic E-state index is 12.4. The Morgan fingerprint density at radius 1 is 1.10 bits per heavy atom. The number of anilines is 1. The lowest BCUT2D eigenvalue weighted by Crippen LogP contribution is -2.29. The summed E-state index contributed by atoms with van der Waals surface area (Å²) in [4.78, 5) is 12.4. The Labute approximate surface area is 187 Å². The smallest absolute Gasteiger partial charge is 0.251 e. The number of hydrogen-bond donors (Lipinski definition) is 1. The second-order valence-corrected chi connectivity index (χ2v) is 10.0. The van der Waals surface area contributed by atoms with E-state index in [0.717, 1.165) is 24.7 Å². The SMILES string of the molecule is CS(=O)(=O)N(Cc1ccc(C(=O)NCC2=CCCCC2)cc1)c1cccc(Cl)c1Cl. The minimum absolute atomic E-state index is 0.0771. The van der Waals surface area contributed by atoms with Gasteiger partial charge in [0.1, 0.15) is 0 Å². The number of amides is 1. The standard InChI is InChI=1S/C22H24Cl2N2O3S/c1-30(28,29)26(20-9-5-8-19(23)21(20)24)15-17-10-12-18(13-11-17)22(27)25-14-16-6-3-2-4-7-16/h5-6,8-13H,2-4,7,14-15H2,1H3,(H,25,27). The lowest BCUT2D eigenvalue weighted by molar-refractivity contribution is 0.0956. The van der Waals surface area contributed by atoms with Crippen molar-refractivity contribution in [3.05, 3.63) is 75.3 Å². The Bertz CT molecular complexity index is 1050. The first-order valence-corrected chi connectivity index (χ1v) is 12.3. The third-order valence-electron chi connectivity index (χ3n) is 5.00. The molecule has 0 spiro atoms. The molecule has 0 saturated carbocycles. The van der Waals surface area contributed by atoms with Gasteiger partial charge in [-0.2, -0.15) is 0 Å². The van der Waals surface area contributed by atoms with Crippen LogP contribution in [0.1, 0.15) is 41.6 Å². The fourth-order valence-electron chi connectivity index (χ4n) is 3.35. The van der Waals surface area contributed by atoms with E-state index in [1.807, 2.05) is 0 Å². The monoisotopic (exact) mass is 466 g/mol. The predicted octanol–water partition coefficient (Wildman–Crippen LogP) is 5.19. The van der Waals surface area contributed by atoms with Crippen LogP contribution in [0.4, 0.5) is 5.69 Å². The number of nitrogens with zero attached hydrogens (tertiary/aromatic N) is 1. The Hall–Kier alpha value is -2.02. The fraction of sp³-hybridized carbons (Fsp3) is 0.318. The first kappa shape index (κ1) is 22.7. The molecule has 0 fully saturated rings. The molecule has 0 aliphatic heterocycles. The van der Waals surface area contributed by atoms with E-state index in [-0.39, 0.29) is 22.5 Å². The molecule has 0 heterocycles. The van der Waals surface area contributed by atoms with E-state index in [1.165, 1.54) is 22.7 Å². The van der Waals surface area contributed by atoms with E-state index < -0.39 is 10.0 Å². The molecular weight excluding hydrogens is 443 g/mol. The molecule has 0 unspecified atom stereocenters. The highest BCUT2D eigenvalue weighted by Crippen LogP contribution is 2.34. The number of sulfonamides is 1. The van der Waals surface area contributed by atoms with Gasteiger partial charge < -0.3 is 5.32 Å². The Balaban J connectivity index is 1.72. The maximum Gasteiger partial charge on any atom is 0.251 e. The van der Waals surface area contributed by atoms with Crippen molar-refractivity contribution in [2.45, 2.75) is 32.2 Å². The van der Waals surface area contributed by atoms with Crippen LogP contribution < -0.4 is 9.62 Å². The van der Waals surface area contributed by atoms with Gasteiger partial charge in [-0.3, -0.25) is 9.10 Å². The van der Waals surface area contributed by atoms with Crippen LogP contribution in [-0.4, -0.2) is 27.1 Å². The first-order chi connectivity index (χ1) is 14.3. The Kier molecular flexibility index (Phi) is 7.45. The van der Waals surface area contributed by atoms with Gasteiger partial charge in [-0.15, -0.1) is 0 Å². The van der Waals surface area contributed by atoms with Gasteiger partial charge in [0.25, 0.3) is 5.91 Å². The van der Waals surface area contributed by atoms with Gasteiger partial charge in [0.2, 0.25) is 10.0 Å². The summed E-state index contributed by atoms with van der Waals surface area (Å²) >= 11 is 12.3. The number of carbonyl (C=O) groups is 1. The van der Waals surface area contributed by atoms with E-state index in [1.54, 1.807) is 42.5 Å². The highest BCUT2D eigenvalue weighted by atomic mass is 35.5. The van der Waals surface area contributed by atoms with Crippen molar-refractivity contribution in [1.29, 1.82) is 0 Å². The van der Waals surface area contributed by atoms with Crippen molar-refractivity contribution in [3.63, 3.8) is 0 Å². The number of halogens is 2. The number of rotatable bonds is 7. The summed E-state index contributed by atoms with van der Waals surface area (Å²) in [5, 5.41) is 3.41. The number of nitrogens with one attached hydrogen (secondary N) is 1. The zero-order valence-electron chi connectivity index (χ0n) is 16.7. The van der Waals surface area contributed by atoms with Crippen LogP contribution in [0, 0.1) is 0 Å². The number of carbonyl (C=O) groups excluding carboxylic acids is 1. The van der Waals surface area contributed by atoms with Gasteiger partial charge in [0, 0.05) is 12.1 Å². The molecule has 30 heavy (non-hydrogen) atoms. The van der Waals surface area contributed by atoms with Gasteiger partial charge in [0.15, 0.2) is 0 Å². The predicted molar refractivity (Wildman–Crippen MR) is 123 cm³/mol. The summed E-state index contributed by atoms with van der Waals surface area (Å²) in [6, 6.07) is 11.7. The highest BCUT2D eigenvalue weighted by molar-refractivity contribution is 7.92. The van der Waals surface area contributed by atoms with Gasteiger partial charge >= 0.3 is 0 Å². The van der Waals surface area contributed by atoms with E-state index in [2.05, 4.69) is 11.4 Å². The average molecular weight is 467 g/mol. The van der Waals surface area contributed by atoms with E-state index in [0.29, 0.717) is 17.8 Å². The summed E-state index contributed by atoms with van der Waals surface area (Å²) in [6.45, 7) is 0.642. The van der Waals surface area contributed by atoms with Crippen molar-refractivity contribution < 1.29 is 13.2 Å². The fourth-order valence-corrected chi connectivity index (χ4v) is 4.70. The minimum atomic E-state index is -3.60. The van der Waals surface area contributed by atoms with Crippen LogP contribution in [0.2, 0.25) is 10.0 Å². The van der Waals surface area contributed by atoms with Crippen LogP contribution in [0.15, 0.2) is 54.1 Å². The van der Waals surface area contributed by atoms with Crippen molar-refractivity contribution in [2.24, 2.45) is 0 Å². The van der Waals surface area contributed by atoms with Crippen molar-refractivity contribution in [3.8, 4) is 0 Å². The number of hydrogen-bond acceptors (Lipinski definition) is 3. The summed E-state index contributed by atoms with van der Waals surface area (Å²) in [7, 11) is -3.60. The van der Waals surface area contributed by atoms with Gasteiger partial charge in [-0.1, -0.05) is 53.1 Å². The van der Waals surface area contributed by atoms with Crippen molar-refractivity contribution in [1.82, 2.24) is 5.32 Å². The van der Waals surface area contributed by atoms with Crippen LogP contribution in [-0.2, 0) is 16.6 Å². The quantitative estimate of drug-likeness (QED) is 0.570. The van der Waals surface area contributed by atoms with Gasteiger partial charge in [-0.25, -0.2) is 8.42 Å². The molecule has 1 aliphatic rings. The zero-order valence-corrected chi connectivity index (χ0v) is 19.0. The van der Waals surface area contributed by atoms with E-state index >= 15 is 0 Å². The summed E-state index contributed by atoms with van der Waals surface area (Å²) < 4.78 is 25.9. The molecule has 2 aromatic carbocycles. The Morgan fingerprint density at radius 2 is 1.83 bits per heavy atom. The van der Waals surface area contributed by atoms with Crippen LogP contribution >= 0.6 is 23.2 Å². The molecule has 3 rings (SSSR count). The molecule has 1 N–H and O–H groups in total. The minimum Gasteiger partial charge on any atom is -0.348 e. The number of benzene rings is 2. The maximum absolute atomic E-state index is 12.4.